The van der Waals surface area contributed by atoms with Crippen LogP contribution < -0.4 is 0 Å². The number of alkyl halides is 3. The number of hydrogen-bond donors (Lipinski definition) is 0. The van der Waals surface area contributed by atoms with Crippen molar-refractivity contribution in [3.63, 3.8) is 0 Å². The number of nitrogens with zero attached hydrogens (tertiary/aromatic N) is 5. The van der Waals surface area contributed by atoms with Crippen LogP contribution in [0.2, 0.25) is 0 Å². The summed E-state index contributed by atoms with van der Waals surface area (Å²) in [6.45, 7) is 7.55. The van der Waals surface area contributed by atoms with Gasteiger partial charge in [0.2, 0.25) is 0 Å². The Bertz CT molecular complexity index is 1330. The van der Waals surface area contributed by atoms with Crippen molar-refractivity contribution in [2.24, 2.45) is 0 Å². The summed E-state index contributed by atoms with van der Waals surface area (Å²) in [5.41, 5.74) is 6.91. The number of aryl methyl sites for hydroxylation is 1. The molecule has 0 bridgehead atoms. The molecule has 180 valence electrons. The van der Waals surface area contributed by atoms with Gasteiger partial charge in [-0.05, 0) is 49.2 Å². The molecule has 1 aliphatic rings. The third kappa shape index (κ3) is 4.98. The van der Waals surface area contributed by atoms with Crippen LogP contribution in [0.4, 0.5) is 13.2 Å². The van der Waals surface area contributed by atoms with E-state index in [9.17, 15) is 13.2 Å². The molecule has 5 rings (SSSR count). The summed E-state index contributed by atoms with van der Waals surface area (Å²) in [4.78, 5) is 15.7. The first-order chi connectivity index (χ1) is 16.8. The first-order valence-electron chi connectivity index (χ1n) is 11.6. The summed E-state index contributed by atoms with van der Waals surface area (Å²) in [6, 6.07) is 11.3. The largest absolute Gasteiger partial charge is 0.416 e. The third-order valence-electron chi connectivity index (χ3n) is 6.62. The number of hydrogen-bond acceptors (Lipinski definition) is 4. The van der Waals surface area contributed by atoms with E-state index in [4.69, 9.17) is 0 Å². The van der Waals surface area contributed by atoms with Gasteiger partial charge in [-0.25, -0.2) is 9.97 Å². The first-order valence-corrected chi connectivity index (χ1v) is 11.6. The quantitative estimate of drug-likeness (QED) is 0.376. The Morgan fingerprint density at radius 1 is 1.00 bits per heavy atom. The summed E-state index contributed by atoms with van der Waals surface area (Å²) in [7, 11) is 0. The number of aromatic nitrogens is 4. The maximum atomic E-state index is 12.8. The molecular weight excluding hydrogens is 451 g/mol. The molecule has 0 unspecified atom stereocenters. The molecule has 0 saturated carbocycles. The van der Waals surface area contributed by atoms with Crippen LogP contribution >= 0.6 is 0 Å². The Hall–Kier alpha value is -3.52. The predicted octanol–water partition coefficient (Wildman–Crippen LogP) is 5.58. The van der Waals surface area contributed by atoms with Gasteiger partial charge in [0.05, 0.1) is 11.3 Å². The molecular formula is C27H26F3N5. The van der Waals surface area contributed by atoms with Crippen LogP contribution in [0.3, 0.4) is 0 Å². The fraction of sp³-hybridized carbons (Fsp3) is 0.296. The topological polar surface area (TPSA) is 46.8 Å². The van der Waals surface area contributed by atoms with Crippen LogP contribution in [-0.4, -0.2) is 31.0 Å². The second-order valence-corrected chi connectivity index (χ2v) is 9.05. The van der Waals surface area contributed by atoms with Crippen molar-refractivity contribution in [1.82, 2.24) is 24.4 Å². The van der Waals surface area contributed by atoms with E-state index in [1.807, 2.05) is 18.5 Å². The van der Waals surface area contributed by atoms with Gasteiger partial charge >= 0.3 is 6.18 Å². The lowest BCUT2D eigenvalue weighted by molar-refractivity contribution is -0.137. The highest BCUT2D eigenvalue weighted by atomic mass is 19.4. The molecule has 3 aromatic heterocycles. The molecule has 0 amide bonds. The standard InChI is InChI=1S/C27H26F3N5/c1-18-12-22(19(2)35(18)15-20-4-3-10-31-13-20)16-34-11-9-25-23(17-34)14-32-26(33-25)21-5-7-24(8-6-21)27(28,29)30/h3-8,10,12-14H,9,11,15-17H2,1-2H3. The number of fused-ring (bicyclic) bond motifs is 1. The first kappa shape index (κ1) is 23.2. The second-order valence-electron chi connectivity index (χ2n) is 9.05. The van der Waals surface area contributed by atoms with E-state index >= 15 is 0 Å². The van der Waals surface area contributed by atoms with Crippen LogP contribution in [0.15, 0.2) is 61.1 Å². The summed E-state index contributed by atoms with van der Waals surface area (Å²) < 4.78 is 40.9. The smallest absolute Gasteiger partial charge is 0.344 e. The molecule has 0 atom stereocenters. The maximum absolute atomic E-state index is 12.8. The molecule has 0 fully saturated rings. The molecule has 1 aromatic carbocycles. The third-order valence-corrected chi connectivity index (χ3v) is 6.62. The van der Waals surface area contributed by atoms with E-state index in [1.54, 1.807) is 6.20 Å². The zero-order valence-electron chi connectivity index (χ0n) is 19.7. The van der Waals surface area contributed by atoms with Crippen molar-refractivity contribution in [2.75, 3.05) is 6.54 Å². The summed E-state index contributed by atoms with van der Waals surface area (Å²) in [5, 5.41) is 0. The molecule has 0 saturated heterocycles. The summed E-state index contributed by atoms with van der Waals surface area (Å²) in [5.74, 6) is 0.463. The fourth-order valence-corrected chi connectivity index (χ4v) is 4.65. The van der Waals surface area contributed by atoms with Crippen molar-refractivity contribution >= 4 is 0 Å². The van der Waals surface area contributed by atoms with E-state index in [-0.39, 0.29) is 0 Å². The minimum atomic E-state index is -4.35. The molecule has 0 radical (unpaired) electrons. The Kier molecular flexibility index (Phi) is 6.15. The lowest BCUT2D eigenvalue weighted by Gasteiger charge is -2.28. The van der Waals surface area contributed by atoms with Gasteiger partial charge in [0.25, 0.3) is 0 Å². The zero-order valence-corrected chi connectivity index (χ0v) is 19.7. The van der Waals surface area contributed by atoms with Gasteiger partial charge in [-0.2, -0.15) is 13.2 Å². The number of benzene rings is 1. The maximum Gasteiger partial charge on any atom is 0.416 e. The monoisotopic (exact) mass is 477 g/mol. The van der Waals surface area contributed by atoms with Crippen LogP contribution in [0.1, 0.15) is 39.3 Å². The Labute approximate surface area is 202 Å². The number of pyridine rings is 1. The van der Waals surface area contributed by atoms with Crippen molar-refractivity contribution in [1.29, 1.82) is 0 Å². The summed E-state index contributed by atoms with van der Waals surface area (Å²) >= 11 is 0. The van der Waals surface area contributed by atoms with Gasteiger partial charge in [-0.3, -0.25) is 9.88 Å². The van der Waals surface area contributed by atoms with E-state index in [0.717, 1.165) is 56.0 Å². The molecule has 5 nitrogen and oxygen atoms in total. The molecule has 4 aromatic rings. The summed E-state index contributed by atoms with van der Waals surface area (Å²) in [6.07, 6.45) is 1.93. The molecule has 35 heavy (non-hydrogen) atoms. The molecule has 0 spiro atoms. The highest BCUT2D eigenvalue weighted by Crippen LogP contribution is 2.31. The zero-order chi connectivity index (χ0) is 24.6. The Balaban J connectivity index is 1.29. The molecule has 0 aliphatic carbocycles. The number of halogens is 3. The van der Waals surface area contributed by atoms with E-state index in [1.165, 1.54) is 34.6 Å². The minimum Gasteiger partial charge on any atom is -0.344 e. The van der Waals surface area contributed by atoms with E-state index in [2.05, 4.69) is 50.4 Å². The van der Waals surface area contributed by atoms with Gasteiger partial charge in [-0.15, -0.1) is 0 Å². The lowest BCUT2D eigenvalue weighted by atomic mass is 10.1. The second kappa shape index (κ2) is 9.26. The van der Waals surface area contributed by atoms with Crippen molar-refractivity contribution in [3.05, 3.63) is 100 Å². The fourth-order valence-electron chi connectivity index (χ4n) is 4.65. The Morgan fingerprint density at radius 2 is 1.80 bits per heavy atom. The molecule has 4 heterocycles. The van der Waals surface area contributed by atoms with Crippen LogP contribution in [0.5, 0.6) is 0 Å². The average Bonchev–Trinajstić information content (AvgIpc) is 3.11. The molecule has 8 heteroatoms. The van der Waals surface area contributed by atoms with Crippen LogP contribution in [0.25, 0.3) is 11.4 Å². The van der Waals surface area contributed by atoms with Gasteiger partial charge in [0.1, 0.15) is 0 Å². The molecule has 0 N–H and O–H groups in total. The van der Waals surface area contributed by atoms with Crippen molar-refractivity contribution in [3.8, 4) is 11.4 Å². The van der Waals surface area contributed by atoms with Gasteiger partial charge < -0.3 is 4.57 Å². The van der Waals surface area contributed by atoms with E-state index in [0.29, 0.717) is 11.4 Å². The van der Waals surface area contributed by atoms with Gasteiger partial charge in [0, 0.05) is 73.7 Å². The highest BCUT2D eigenvalue weighted by Gasteiger charge is 2.30. The van der Waals surface area contributed by atoms with E-state index < -0.39 is 11.7 Å². The number of rotatable bonds is 5. The van der Waals surface area contributed by atoms with Crippen molar-refractivity contribution < 1.29 is 13.2 Å². The van der Waals surface area contributed by atoms with Gasteiger partial charge in [0.15, 0.2) is 5.82 Å². The lowest BCUT2D eigenvalue weighted by Crippen LogP contribution is -2.31. The van der Waals surface area contributed by atoms with Crippen LogP contribution in [-0.2, 0) is 32.2 Å². The normalized spacial score (nSPS) is 14.2. The van der Waals surface area contributed by atoms with Gasteiger partial charge in [-0.1, -0.05) is 18.2 Å². The average molecular weight is 478 g/mol. The van der Waals surface area contributed by atoms with Crippen molar-refractivity contribution in [2.45, 2.75) is 46.1 Å². The molecule has 1 aliphatic heterocycles. The SMILES string of the molecule is Cc1cc(CN2CCc3nc(-c4ccc(C(F)(F)F)cc4)ncc3C2)c(C)n1Cc1cccnc1. The highest BCUT2D eigenvalue weighted by molar-refractivity contribution is 5.56. The minimum absolute atomic E-state index is 0.463. The predicted molar refractivity (Wildman–Crippen MR) is 128 cm³/mol. The van der Waals surface area contributed by atoms with Crippen LogP contribution in [0, 0.1) is 13.8 Å². The Morgan fingerprint density at radius 3 is 2.51 bits per heavy atom.